The summed E-state index contributed by atoms with van der Waals surface area (Å²) in [5.74, 6) is 1.79. The molecule has 1 fully saturated rings. The van der Waals surface area contributed by atoms with Gasteiger partial charge in [0, 0.05) is 13.1 Å². The van der Waals surface area contributed by atoms with Crippen LogP contribution in [0.25, 0.3) is 11.5 Å². The summed E-state index contributed by atoms with van der Waals surface area (Å²) < 4.78 is 25.3. The topological polar surface area (TPSA) is 38.5 Å². The molecule has 3 aromatic rings. The van der Waals surface area contributed by atoms with Crippen molar-refractivity contribution in [1.82, 2.24) is 9.88 Å². The Labute approximate surface area is 165 Å². The fraction of sp³-hybridized carbons (Fsp3) is 0.348. The third-order valence-corrected chi connectivity index (χ3v) is 5.45. The summed E-state index contributed by atoms with van der Waals surface area (Å²) in [5, 5.41) is 0. The van der Waals surface area contributed by atoms with E-state index in [4.69, 9.17) is 9.15 Å². The number of benzene rings is 2. The van der Waals surface area contributed by atoms with E-state index in [2.05, 4.69) is 40.2 Å². The molecular formula is C23H25FN2O2. The van der Waals surface area contributed by atoms with E-state index in [1.165, 1.54) is 18.1 Å². The minimum atomic E-state index is -0.365. The summed E-state index contributed by atoms with van der Waals surface area (Å²) in [5.41, 5.74) is 2.59. The minimum Gasteiger partial charge on any atom is -0.497 e. The number of oxazole rings is 1. The second kappa shape index (κ2) is 8.15. The van der Waals surface area contributed by atoms with Gasteiger partial charge in [-0.25, -0.2) is 9.37 Å². The Morgan fingerprint density at radius 1 is 1.21 bits per heavy atom. The highest BCUT2D eigenvalue weighted by Crippen LogP contribution is 2.30. The molecule has 0 spiro atoms. The molecule has 0 saturated carbocycles. The van der Waals surface area contributed by atoms with Crippen LogP contribution in [0, 0.1) is 12.7 Å². The van der Waals surface area contributed by atoms with Crippen LogP contribution in [-0.4, -0.2) is 30.1 Å². The molecule has 4 nitrogen and oxygen atoms in total. The Hall–Kier alpha value is -2.66. The average molecular weight is 380 g/mol. The molecule has 2 heterocycles. The Morgan fingerprint density at radius 2 is 2.04 bits per heavy atom. The summed E-state index contributed by atoms with van der Waals surface area (Å²) in [6.07, 6.45) is 2.37. The van der Waals surface area contributed by atoms with Gasteiger partial charge in [0.05, 0.1) is 18.4 Å². The summed E-state index contributed by atoms with van der Waals surface area (Å²) in [6.45, 7) is 4.64. The predicted molar refractivity (Wildman–Crippen MR) is 107 cm³/mol. The van der Waals surface area contributed by atoms with Gasteiger partial charge in [0.15, 0.2) is 0 Å². The van der Waals surface area contributed by atoms with Crippen LogP contribution in [-0.2, 0) is 6.54 Å². The van der Waals surface area contributed by atoms with Crippen LogP contribution in [0.4, 0.5) is 4.39 Å². The predicted octanol–water partition coefficient (Wildman–Crippen LogP) is 5.18. The van der Waals surface area contributed by atoms with Crippen LogP contribution in [0.1, 0.15) is 35.8 Å². The number of piperidine rings is 1. The third-order valence-electron chi connectivity index (χ3n) is 5.45. The lowest BCUT2D eigenvalue weighted by Gasteiger charge is -2.32. The van der Waals surface area contributed by atoms with Crippen LogP contribution in [0.3, 0.4) is 0 Å². The molecule has 1 atom stereocenters. The first-order chi connectivity index (χ1) is 13.6. The van der Waals surface area contributed by atoms with Gasteiger partial charge in [0.25, 0.3) is 0 Å². The number of rotatable bonds is 5. The highest BCUT2D eigenvalue weighted by Gasteiger charge is 2.23. The van der Waals surface area contributed by atoms with Gasteiger partial charge in [-0.1, -0.05) is 30.3 Å². The number of methoxy groups -OCH3 is 1. The minimum absolute atomic E-state index is 0.306. The monoisotopic (exact) mass is 380 g/mol. The average Bonchev–Trinajstić information content (AvgIpc) is 3.09. The van der Waals surface area contributed by atoms with E-state index in [1.54, 1.807) is 19.2 Å². The quantitative estimate of drug-likeness (QED) is 0.611. The molecule has 0 N–H and O–H groups in total. The molecule has 0 radical (unpaired) electrons. The Bertz CT molecular complexity index is 939. The maximum atomic E-state index is 14.3. The van der Waals surface area contributed by atoms with Gasteiger partial charge in [0.2, 0.25) is 5.89 Å². The smallest absolute Gasteiger partial charge is 0.229 e. The van der Waals surface area contributed by atoms with Gasteiger partial charge in [0.1, 0.15) is 17.3 Å². The molecule has 0 amide bonds. The number of hydrogen-bond donors (Lipinski definition) is 0. The van der Waals surface area contributed by atoms with E-state index in [-0.39, 0.29) is 5.82 Å². The molecule has 1 aliphatic heterocycles. The van der Waals surface area contributed by atoms with Crippen LogP contribution >= 0.6 is 0 Å². The Balaban J connectivity index is 1.51. The molecule has 2 aromatic carbocycles. The van der Waals surface area contributed by atoms with E-state index in [0.29, 0.717) is 29.7 Å². The van der Waals surface area contributed by atoms with Crippen molar-refractivity contribution in [2.75, 3.05) is 20.2 Å². The standard InChI is InChI=1S/C23H25FN2O2/c1-16-22(25-23(28-16)20-13-19(27-2)10-11-21(20)24)15-26-12-6-9-18(14-26)17-7-4-3-5-8-17/h3-5,7-8,10-11,13,18H,6,9,12,14-15H2,1-2H3/t18-/m0/s1. The van der Waals surface area contributed by atoms with Crippen LogP contribution in [0.5, 0.6) is 5.75 Å². The lowest BCUT2D eigenvalue weighted by Crippen LogP contribution is -2.34. The lowest BCUT2D eigenvalue weighted by atomic mass is 9.90. The fourth-order valence-electron chi connectivity index (χ4n) is 3.89. The maximum absolute atomic E-state index is 14.3. The van der Waals surface area contributed by atoms with E-state index >= 15 is 0 Å². The van der Waals surface area contributed by atoms with E-state index in [0.717, 1.165) is 31.0 Å². The molecule has 0 bridgehead atoms. The molecule has 5 heteroatoms. The highest BCUT2D eigenvalue weighted by molar-refractivity contribution is 5.57. The highest BCUT2D eigenvalue weighted by atomic mass is 19.1. The zero-order valence-corrected chi connectivity index (χ0v) is 16.3. The van der Waals surface area contributed by atoms with Gasteiger partial charge in [-0.15, -0.1) is 0 Å². The number of likely N-dealkylation sites (tertiary alicyclic amines) is 1. The zero-order valence-electron chi connectivity index (χ0n) is 16.3. The molecule has 4 rings (SSSR count). The second-order valence-corrected chi connectivity index (χ2v) is 7.35. The number of aromatic nitrogens is 1. The van der Waals surface area contributed by atoms with Gasteiger partial charge < -0.3 is 9.15 Å². The first kappa shape index (κ1) is 18.7. The van der Waals surface area contributed by atoms with Gasteiger partial charge in [-0.3, -0.25) is 4.90 Å². The van der Waals surface area contributed by atoms with Gasteiger partial charge in [-0.05, 0) is 56.0 Å². The van der Waals surface area contributed by atoms with Crippen molar-refractivity contribution in [3.63, 3.8) is 0 Å². The van der Waals surface area contributed by atoms with Crippen LogP contribution < -0.4 is 4.74 Å². The molecule has 0 unspecified atom stereocenters. The van der Waals surface area contributed by atoms with E-state index in [9.17, 15) is 4.39 Å². The normalized spacial score (nSPS) is 17.6. The van der Waals surface area contributed by atoms with Crippen molar-refractivity contribution in [2.45, 2.75) is 32.2 Å². The largest absolute Gasteiger partial charge is 0.497 e. The van der Waals surface area contributed by atoms with E-state index < -0.39 is 0 Å². The van der Waals surface area contributed by atoms with Crippen molar-refractivity contribution in [2.24, 2.45) is 0 Å². The number of halogens is 1. The van der Waals surface area contributed by atoms with Crippen molar-refractivity contribution in [3.05, 3.63) is 71.4 Å². The molecule has 0 aliphatic carbocycles. The molecule has 1 aliphatic rings. The summed E-state index contributed by atoms with van der Waals surface area (Å²) in [7, 11) is 1.56. The zero-order chi connectivity index (χ0) is 19.5. The van der Waals surface area contributed by atoms with Gasteiger partial charge in [-0.2, -0.15) is 0 Å². The summed E-state index contributed by atoms with van der Waals surface area (Å²) >= 11 is 0. The molecular weight excluding hydrogens is 355 g/mol. The van der Waals surface area contributed by atoms with Crippen molar-refractivity contribution >= 4 is 0 Å². The van der Waals surface area contributed by atoms with Crippen LogP contribution in [0.2, 0.25) is 0 Å². The lowest BCUT2D eigenvalue weighted by molar-refractivity contribution is 0.197. The molecule has 1 saturated heterocycles. The fourth-order valence-corrected chi connectivity index (χ4v) is 3.89. The van der Waals surface area contributed by atoms with Crippen molar-refractivity contribution in [1.29, 1.82) is 0 Å². The number of hydrogen-bond acceptors (Lipinski definition) is 4. The SMILES string of the molecule is COc1ccc(F)c(-c2nc(CN3CCC[C@H](c4ccccc4)C3)c(C)o2)c1. The molecule has 1 aromatic heterocycles. The molecule has 28 heavy (non-hydrogen) atoms. The maximum Gasteiger partial charge on any atom is 0.229 e. The Morgan fingerprint density at radius 3 is 2.82 bits per heavy atom. The van der Waals surface area contributed by atoms with Crippen molar-refractivity contribution in [3.8, 4) is 17.2 Å². The third kappa shape index (κ3) is 3.94. The van der Waals surface area contributed by atoms with Crippen LogP contribution in [0.15, 0.2) is 52.9 Å². The molecule has 146 valence electrons. The summed E-state index contributed by atoms with van der Waals surface area (Å²) in [4.78, 5) is 7.02. The summed E-state index contributed by atoms with van der Waals surface area (Å²) in [6, 6.07) is 15.3. The first-order valence-corrected chi connectivity index (χ1v) is 9.71. The number of aryl methyl sites for hydroxylation is 1. The van der Waals surface area contributed by atoms with Gasteiger partial charge >= 0.3 is 0 Å². The second-order valence-electron chi connectivity index (χ2n) is 7.35. The first-order valence-electron chi connectivity index (χ1n) is 9.71. The number of ether oxygens (including phenoxy) is 1. The van der Waals surface area contributed by atoms with Crippen molar-refractivity contribution < 1.29 is 13.5 Å². The number of nitrogens with zero attached hydrogens (tertiary/aromatic N) is 2. The van der Waals surface area contributed by atoms with E-state index in [1.807, 2.05) is 6.92 Å². The Kier molecular flexibility index (Phi) is 5.44.